The van der Waals surface area contributed by atoms with Gasteiger partial charge in [-0.05, 0) is 29.8 Å². The Balaban J connectivity index is 1.39. The highest BCUT2D eigenvalue weighted by Gasteiger charge is 2.41. The molecule has 9 nitrogen and oxygen atoms in total. The summed E-state index contributed by atoms with van der Waals surface area (Å²) < 4.78 is 41.2. The summed E-state index contributed by atoms with van der Waals surface area (Å²) in [5.74, 6) is -1.58. The first-order valence-corrected chi connectivity index (χ1v) is 12.0. The Morgan fingerprint density at radius 2 is 2.00 bits per heavy atom. The summed E-state index contributed by atoms with van der Waals surface area (Å²) in [5, 5.41) is 25.7. The van der Waals surface area contributed by atoms with Crippen LogP contribution in [0.3, 0.4) is 0 Å². The fraction of sp³-hybridized carbons (Fsp3) is 0.333. The van der Waals surface area contributed by atoms with Crippen LogP contribution < -0.4 is 0 Å². The quantitative estimate of drug-likeness (QED) is 0.335. The number of aromatic nitrogens is 3. The normalized spacial score (nSPS) is 20.8. The summed E-state index contributed by atoms with van der Waals surface area (Å²) in [6.07, 6.45) is 5.58. The largest absolute Gasteiger partial charge is 0.382 e. The summed E-state index contributed by atoms with van der Waals surface area (Å²) in [4.78, 5) is 14.2. The summed E-state index contributed by atoms with van der Waals surface area (Å²) in [6.45, 7) is 2.30. The van der Waals surface area contributed by atoms with E-state index in [0.29, 0.717) is 13.2 Å². The Kier molecular flexibility index (Phi) is 8.09. The summed E-state index contributed by atoms with van der Waals surface area (Å²) in [6, 6.07) is 9.18. The molecule has 4 rings (SSSR count). The number of halogens is 2. The molecule has 0 saturated carbocycles. The predicted octanol–water partition coefficient (Wildman–Crippen LogP) is 3.93. The first kappa shape index (κ1) is 25.9. The van der Waals surface area contributed by atoms with Gasteiger partial charge in [0.05, 0.1) is 29.9 Å². The molecule has 2 atom stereocenters. The number of aliphatic hydroxyl groups is 1. The van der Waals surface area contributed by atoms with Crippen molar-refractivity contribution in [2.75, 3.05) is 13.2 Å². The Morgan fingerprint density at radius 3 is 2.61 bits per heavy atom. The van der Waals surface area contributed by atoms with E-state index in [1.54, 1.807) is 31.2 Å². The monoisotopic (exact) mass is 518 g/mol. The number of ether oxygens (including phenoxy) is 2. The van der Waals surface area contributed by atoms with Crippen LogP contribution in [0.15, 0.2) is 61.2 Å². The number of hydrogen-bond acceptors (Lipinski definition) is 8. The van der Waals surface area contributed by atoms with E-state index in [4.69, 9.17) is 9.47 Å². The van der Waals surface area contributed by atoms with Crippen LogP contribution in [0, 0.1) is 21.7 Å². The van der Waals surface area contributed by atoms with E-state index in [-0.39, 0.29) is 23.0 Å². The topological polar surface area (TPSA) is 113 Å². The zero-order chi connectivity index (χ0) is 25.7. The number of nitro groups is 1. The van der Waals surface area contributed by atoms with Gasteiger partial charge in [0.1, 0.15) is 29.9 Å². The van der Waals surface area contributed by atoms with Crippen molar-refractivity contribution in [2.24, 2.45) is 0 Å². The molecule has 2 aromatic carbocycles. The molecule has 0 radical (unpaired) electrons. The summed E-state index contributed by atoms with van der Waals surface area (Å²) in [5.41, 5.74) is -0.989. The van der Waals surface area contributed by atoms with Crippen LogP contribution >= 0.6 is 11.8 Å². The maximum Gasteiger partial charge on any atom is 0.269 e. The molecule has 12 heteroatoms. The molecular weight excluding hydrogens is 494 g/mol. The van der Waals surface area contributed by atoms with E-state index in [0.717, 1.165) is 17.7 Å². The second-order valence-electron chi connectivity index (χ2n) is 8.28. The van der Waals surface area contributed by atoms with Crippen LogP contribution in [-0.4, -0.2) is 54.8 Å². The van der Waals surface area contributed by atoms with Gasteiger partial charge < -0.3 is 14.6 Å². The van der Waals surface area contributed by atoms with Crippen molar-refractivity contribution in [2.45, 2.75) is 35.9 Å². The maximum atomic E-state index is 14.7. The SMILES string of the molecule is CC(SC1COC(C=Cc2ccc([N+](=O)[O-])cc2)OC1)C(O)(Cn1cncn1)c1ccc(F)cc1F. The van der Waals surface area contributed by atoms with Gasteiger partial charge in [-0.3, -0.25) is 10.1 Å². The van der Waals surface area contributed by atoms with Gasteiger partial charge in [0.15, 0.2) is 6.29 Å². The molecule has 2 heterocycles. The molecule has 3 aromatic rings. The Morgan fingerprint density at radius 1 is 1.28 bits per heavy atom. The molecule has 1 saturated heterocycles. The molecule has 36 heavy (non-hydrogen) atoms. The van der Waals surface area contributed by atoms with Gasteiger partial charge in [-0.15, -0.1) is 11.8 Å². The molecule has 1 N–H and O–H groups in total. The van der Waals surface area contributed by atoms with Crippen molar-refractivity contribution in [3.8, 4) is 0 Å². The van der Waals surface area contributed by atoms with Crippen molar-refractivity contribution in [1.82, 2.24) is 14.8 Å². The van der Waals surface area contributed by atoms with E-state index < -0.39 is 33.7 Å². The minimum absolute atomic E-state index is 0.00981. The average Bonchev–Trinajstić information content (AvgIpc) is 3.36. The minimum Gasteiger partial charge on any atom is -0.382 e. The molecule has 0 aliphatic carbocycles. The fourth-order valence-electron chi connectivity index (χ4n) is 3.82. The highest BCUT2D eigenvalue weighted by molar-refractivity contribution is 8.00. The van der Waals surface area contributed by atoms with Crippen molar-refractivity contribution in [3.05, 3.63) is 94.1 Å². The van der Waals surface area contributed by atoms with Gasteiger partial charge in [0, 0.05) is 29.0 Å². The third kappa shape index (κ3) is 6.13. The summed E-state index contributed by atoms with van der Waals surface area (Å²) in [7, 11) is 0. The fourth-order valence-corrected chi connectivity index (χ4v) is 5.14. The second-order valence-corrected chi connectivity index (χ2v) is 9.93. The second kappa shape index (κ2) is 11.2. The van der Waals surface area contributed by atoms with Gasteiger partial charge in [0.25, 0.3) is 5.69 Å². The maximum absolute atomic E-state index is 14.7. The van der Waals surface area contributed by atoms with Gasteiger partial charge >= 0.3 is 0 Å². The lowest BCUT2D eigenvalue weighted by Gasteiger charge is -2.37. The van der Waals surface area contributed by atoms with E-state index in [1.165, 1.54) is 47.3 Å². The molecule has 1 aliphatic heterocycles. The zero-order valence-electron chi connectivity index (χ0n) is 19.2. The van der Waals surface area contributed by atoms with E-state index in [1.807, 2.05) is 0 Å². The molecule has 0 spiro atoms. The van der Waals surface area contributed by atoms with Crippen LogP contribution in [0.25, 0.3) is 6.08 Å². The number of hydrogen-bond donors (Lipinski definition) is 1. The Hall–Kier alpha value is -3.19. The van der Waals surface area contributed by atoms with Crippen LogP contribution in [0.4, 0.5) is 14.5 Å². The van der Waals surface area contributed by atoms with Crippen LogP contribution in [0.1, 0.15) is 18.1 Å². The molecular formula is C24H24F2N4O5S. The van der Waals surface area contributed by atoms with Gasteiger partial charge in [-0.25, -0.2) is 18.4 Å². The van der Waals surface area contributed by atoms with Crippen molar-refractivity contribution >= 4 is 23.5 Å². The van der Waals surface area contributed by atoms with E-state index in [9.17, 15) is 24.0 Å². The zero-order valence-corrected chi connectivity index (χ0v) is 20.1. The van der Waals surface area contributed by atoms with Crippen LogP contribution in [0.5, 0.6) is 0 Å². The van der Waals surface area contributed by atoms with E-state index >= 15 is 0 Å². The molecule has 1 aromatic heterocycles. The van der Waals surface area contributed by atoms with Crippen molar-refractivity contribution in [3.63, 3.8) is 0 Å². The molecule has 2 unspecified atom stereocenters. The van der Waals surface area contributed by atoms with Gasteiger partial charge in [-0.1, -0.05) is 19.1 Å². The predicted molar refractivity (Wildman–Crippen MR) is 129 cm³/mol. The molecule has 190 valence electrons. The molecule has 0 amide bonds. The van der Waals surface area contributed by atoms with Crippen LogP contribution in [0.2, 0.25) is 0 Å². The number of benzene rings is 2. The van der Waals surface area contributed by atoms with Crippen molar-refractivity contribution in [1.29, 1.82) is 0 Å². The third-order valence-corrected chi connectivity index (χ3v) is 7.23. The highest BCUT2D eigenvalue weighted by atomic mass is 32.2. The number of thioether (sulfide) groups is 1. The number of rotatable bonds is 9. The van der Waals surface area contributed by atoms with E-state index in [2.05, 4.69) is 10.1 Å². The molecule has 1 aliphatic rings. The molecule has 0 bridgehead atoms. The first-order chi connectivity index (χ1) is 17.2. The number of nitrogens with zero attached hydrogens (tertiary/aromatic N) is 4. The smallest absolute Gasteiger partial charge is 0.269 e. The lowest BCUT2D eigenvalue weighted by atomic mass is 9.90. The van der Waals surface area contributed by atoms with Gasteiger partial charge in [0.2, 0.25) is 0 Å². The lowest BCUT2D eigenvalue weighted by Crippen LogP contribution is -2.43. The number of nitro benzene ring substituents is 1. The first-order valence-electron chi connectivity index (χ1n) is 11.1. The lowest BCUT2D eigenvalue weighted by molar-refractivity contribution is -0.384. The average molecular weight is 519 g/mol. The Labute approximate surface area is 209 Å². The van der Waals surface area contributed by atoms with Gasteiger partial charge in [-0.2, -0.15) is 5.10 Å². The minimum atomic E-state index is -1.72. The highest BCUT2D eigenvalue weighted by Crippen LogP contribution is 2.38. The standard InChI is InChI=1S/C24H24F2N4O5S/c1-16(24(31,13-29-15-27-14-28-29)21-8-5-18(25)10-22(21)26)36-20-11-34-23(35-12-20)9-4-17-2-6-19(7-3-17)30(32)33/h2-10,14-16,20,23,31H,11-13H2,1H3. The van der Waals surface area contributed by atoms with Crippen molar-refractivity contribution < 1.29 is 28.3 Å². The third-order valence-electron chi connectivity index (χ3n) is 5.78. The number of non-ortho nitro benzene ring substituents is 1. The molecule has 1 fully saturated rings. The summed E-state index contributed by atoms with van der Waals surface area (Å²) >= 11 is 1.37. The Bertz CT molecular complexity index is 1200. The van der Waals surface area contributed by atoms with Crippen LogP contribution in [-0.2, 0) is 21.6 Å².